The third kappa shape index (κ3) is 5.47. The van der Waals surface area contributed by atoms with E-state index in [-0.39, 0.29) is 6.04 Å². The highest BCUT2D eigenvalue weighted by Crippen LogP contribution is 2.20. The second kappa shape index (κ2) is 8.93. The van der Waals surface area contributed by atoms with Gasteiger partial charge in [0.25, 0.3) is 0 Å². The second-order valence-electron chi connectivity index (χ2n) is 5.69. The average molecular weight is 279 g/mol. The fraction of sp³-hybridized carbons (Fsp3) is 0.688. The van der Waals surface area contributed by atoms with Gasteiger partial charge in [-0.25, -0.2) is 4.98 Å². The molecule has 4 nitrogen and oxygen atoms in total. The van der Waals surface area contributed by atoms with Crippen LogP contribution in [-0.2, 0) is 11.2 Å². The van der Waals surface area contributed by atoms with Crippen LogP contribution >= 0.6 is 0 Å². The Hall–Kier alpha value is -1.13. The second-order valence-corrected chi connectivity index (χ2v) is 5.69. The molecule has 1 atom stereocenters. The number of ether oxygens (including phenoxy) is 1. The summed E-state index contributed by atoms with van der Waals surface area (Å²) < 4.78 is 5.22. The Morgan fingerprint density at radius 1 is 1.40 bits per heavy atom. The predicted octanol–water partition coefficient (Wildman–Crippen LogP) is 2.47. The molecule has 1 heterocycles. The van der Waals surface area contributed by atoms with Crippen molar-refractivity contribution in [2.45, 2.75) is 39.7 Å². The lowest BCUT2D eigenvalue weighted by Crippen LogP contribution is -2.33. The molecule has 2 N–H and O–H groups in total. The molecular weight excluding hydrogens is 250 g/mol. The standard InChI is InChI=1S/C16H29N3O/c1-5-15(17)11-14-7-6-8-18-16(14)19(9-10-20-4)12-13(2)3/h6-8,13,15H,5,9-12,17H2,1-4H3. The van der Waals surface area contributed by atoms with Crippen molar-refractivity contribution in [1.29, 1.82) is 0 Å². The minimum atomic E-state index is 0.196. The Kier molecular flexibility index (Phi) is 7.55. The molecule has 0 aromatic carbocycles. The molecule has 1 unspecified atom stereocenters. The van der Waals surface area contributed by atoms with E-state index in [2.05, 4.69) is 36.7 Å². The minimum absolute atomic E-state index is 0.196. The van der Waals surface area contributed by atoms with E-state index in [9.17, 15) is 0 Å². The summed E-state index contributed by atoms with van der Waals surface area (Å²) in [6.07, 6.45) is 3.72. The number of nitrogens with zero attached hydrogens (tertiary/aromatic N) is 2. The molecule has 0 radical (unpaired) electrons. The van der Waals surface area contributed by atoms with Gasteiger partial charge in [0.2, 0.25) is 0 Å². The van der Waals surface area contributed by atoms with E-state index >= 15 is 0 Å². The van der Waals surface area contributed by atoms with Gasteiger partial charge in [0.05, 0.1) is 6.61 Å². The largest absolute Gasteiger partial charge is 0.383 e. The van der Waals surface area contributed by atoms with Gasteiger partial charge in [-0.15, -0.1) is 0 Å². The third-order valence-corrected chi connectivity index (χ3v) is 3.32. The molecule has 0 aliphatic carbocycles. The van der Waals surface area contributed by atoms with Gasteiger partial charge in [-0.05, 0) is 30.4 Å². The van der Waals surface area contributed by atoms with Crippen molar-refractivity contribution in [2.75, 3.05) is 31.7 Å². The van der Waals surface area contributed by atoms with E-state index in [0.29, 0.717) is 12.5 Å². The lowest BCUT2D eigenvalue weighted by molar-refractivity contribution is 0.204. The topological polar surface area (TPSA) is 51.4 Å². The quantitative estimate of drug-likeness (QED) is 0.754. The van der Waals surface area contributed by atoms with Crippen molar-refractivity contribution >= 4 is 5.82 Å². The monoisotopic (exact) mass is 279 g/mol. The maximum atomic E-state index is 6.10. The molecule has 20 heavy (non-hydrogen) atoms. The van der Waals surface area contributed by atoms with E-state index in [1.165, 1.54) is 5.56 Å². The molecule has 1 aromatic rings. The number of nitrogens with two attached hydrogens (primary N) is 1. The Bertz CT molecular complexity index is 382. The predicted molar refractivity (Wildman–Crippen MR) is 85.1 cm³/mol. The number of methoxy groups -OCH3 is 1. The van der Waals surface area contributed by atoms with Gasteiger partial charge in [0, 0.05) is 32.4 Å². The van der Waals surface area contributed by atoms with Crippen LogP contribution in [0, 0.1) is 5.92 Å². The molecule has 0 aliphatic rings. The summed E-state index contributed by atoms with van der Waals surface area (Å²) in [6, 6.07) is 4.32. The van der Waals surface area contributed by atoms with E-state index in [0.717, 1.165) is 31.7 Å². The van der Waals surface area contributed by atoms with Crippen molar-refractivity contribution in [3.8, 4) is 0 Å². The molecule has 1 rings (SSSR count). The summed E-state index contributed by atoms with van der Waals surface area (Å²) in [6.45, 7) is 9.12. The maximum absolute atomic E-state index is 6.10. The SMILES string of the molecule is CCC(N)Cc1cccnc1N(CCOC)CC(C)C. The summed E-state index contributed by atoms with van der Waals surface area (Å²) in [5.74, 6) is 1.64. The van der Waals surface area contributed by atoms with Crippen molar-refractivity contribution < 1.29 is 4.74 Å². The van der Waals surface area contributed by atoms with Gasteiger partial charge in [-0.2, -0.15) is 0 Å². The highest BCUT2D eigenvalue weighted by Gasteiger charge is 2.15. The fourth-order valence-corrected chi connectivity index (χ4v) is 2.23. The smallest absolute Gasteiger partial charge is 0.131 e. The Morgan fingerprint density at radius 3 is 2.75 bits per heavy atom. The third-order valence-electron chi connectivity index (χ3n) is 3.32. The first-order valence-electron chi connectivity index (χ1n) is 7.51. The van der Waals surface area contributed by atoms with E-state index in [4.69, 9.17) is 10.5 Å². The average Bonchev–Trinajstić information content (AvgIpc) is 2.43. The molecule has 0 bridgehead atoms. The van der Waals surface area contributed by atoms with Crippen LogP contribution in [0.25, 0.3) is 0 Å². The fourth-order valence-electron chi connectivity index (χ4n) is 2.23. The van der Waals surface area contributed by atoms with E-state index in [1.54, 1.807) is 7.11 Å². The van der Waals surface area contributed by atoms with Crippen LogP contribution in [0.2, 0.25) is 0 Å². The van der Waals surface area contributed by atoms with Gasteiger partial charge in [0.15, 0.2) is 0 Å². The summed E-state index contributed by atoms with van der Waals surface area (Å²) in [7, 11) is 1.74. The van der Waals surface area contributed by atoms with Crippen LogP contribution in [0.5, 0.6) is 0 Å². The molecule has 114 valence electrons. The first-order valence-corrected chi connectivity index (χ1v) is 7.51. The van der Waals surface area contributed by atoms with Crippen molar-refractivity contribution in [3.05, 3.63) is 23.9 Å². The number of hydrogen-bond acceptors (Lipinski definition) is 4. The molecule has 0 saturated heterocycles. The van der Waals surface area contributed by atoms with Gasteiger partial charge in [-0.1, -0.05) is 26.8 Å². The normalized spacial score (nSPS) is 12.7. The number of pyridine rings is 1. The van der Waals surface area contributed by atoms with Crippen LogP contribution in [0.15, 0.2) is 18.3 Å². The number of anilines is 1. The van der Waals surface area contributed by atoms with Crippen LogP contribution in [0.1, 0.15) is 32.8 Å². The maximum Gasteiger partial charge on any atom is 0.131 e. The van der Waals surface area contributed by atoms with Crippen LogP contribution in [0.3, 0.4) is 0 Å². The summed E-state index contributed by atoms with van der Waals surface area (Å²) in [5, 5.41) is 0. The zero-order valence-corrected chi connectivity index (χ0v) is 13.3. The first kappa shape index (κ1) is 16.9. The number of hydrogen-bond donors (Lipinski definition) is 1. The molecular formula is C16H29N3O. The molecule has 0 amide bonds. The van der Waals surface area contributed by atoms with E-state index < -0.39 is 0 Å². The minimum Gasteiger partial charge on any atom is -0.383 e. The Labute approximate surface area is 123 Å². The molecule has 0 aliphatic heterocycles. The van der Waals surface area contributed by atoms with Crippen LogP contribution in [0.4, 0.5) is 5.82 Å². The lowest BCUT2D eigenvalue weighted by atomic mass is 10.0. The van der Waals surface area contributed by atoms with Crippen LogP contribution < -0.4 is 10.6 Å². The summed E-state index contributed by atoms with van der Waals surface area (Å²) >= 11 is 0. The van der Waals surface area contributed by atoms with Crippen LogP contribution in [-0.4, -0.2) is 37.8 Å². The van der Waals surface area contributed by atoms with Gasteiger partial charge < -0.3 is 15.4 Å². The molecule has 1 aromatic heterocycles. The Morgan fingerprint density at radius 2 is 2.15 bits per heavy atom. The van der Waals surface area contributed by atoms with Crippen molar-refractivity contribution in [2.24, 2.45) is 11.7 Å². The highest BCUT2D eigenvalue weighted by molar-refractivity contribution is 5.47. The summed E-state index contributed by atoms with van der Waals surface area (Å²) in [5.41, 5.74) is 7.34. The first-order chi connectivity index (χ1) is 9.58. The molecule has 0 spiro atoms. The highest BCUT2D eigenvalue weighted by atomic mass is 16.5. The molecule has 0 saturated carbocycles. The van der Waals surface area contributed by atoms with Gasteiger partial charge in [-0.3, -0.25) is 0 Å². The van der Waals surface area contributed by atoms with Gasteiger partial charge >= 0.3 is 0 Å². The van der Waals surface area contributed by atoms with Gasteiger partial charge in [0.1, 0.15) is 5.82 Å². The lowest BCUT2D eigenvalue weighted by Gasteiger charge is -2.28. The van der Waals surface area contributed by atoms with E-state index in [1.807, 2.05) is 12.3 Å². The number of rotatable bonds is 9. The Balaban J connectivity index is 2.92. The zero-order chi connectivity index (χ0) is 15.0. The van der Waals surface area contributed by atoms with Crippen molar-refractivity contribution in [1.82, 2.24) is 4.98 Å². The molecule has 4 heteroatoms. The number of aromatic nitrogens is 1. The zero-order valence-electron chi connectivity index (χ0n) is 13.3. The van der Waals surface area contributed by atoms with Crippen molar-refractivity contribution in [3.63, 3.8) is 0 Å². The summed E-state index contributed by atoms with van der Waals surface area (Å²) in [4.78, 5) is 6.90. The molecule has 0 fully saturated rings.